The van der Waals surface area contributed by atoms with Crippen molar-refractivity contribution in [2.75, 3.05) is 20.1 Å². The first-order chi connectivity index (χ1) is 12.9. The molecule has 0 fully saturated rings. The molecule has 1 aromatic carbocycles. The van der Waals surface area contributed by atoms with Crippen LogP contribution in [0.4, 0.5) is 0 Å². The number of aryl methyl sites for hydroxylation is 2. The van der Waals surface area contributed by atoms with Crippen molar-refractivity contribution in [1.29, 1.82) is 0 Å². The fraction of sp³-hybridized carbons (Fsp3) is 0.318. The average molecular weight is 363 g/mol. The van der Waals surface area contributed by atoms with E-state index in [2.05, 4.69) is 4.98 Å². The lowest BCUT2D eigenvalue weighted by Crippen LogP contribution is -2.33. The minimum absolute atomic E-state index is 0.230. The highest BCUT2D eigenvalue weighted by atomic mass is 16.2. The molecule has 3 rings (SSSR count). The van der Waals surface area contributed by atoms with Crippen LogP contribution in [0.15, 0.2) is 48.4 Å². The number of carbonyl (C=O) groups excluding carboxylic acids is 2. The van der Waals surface area contributed by atoms with E-state index < -0.39 is 0 Å². The Bertz CT molecular complexity index is 903. The van der Waals surface area contributed by atoms with Gasteiger partial charge in [-0.15, -0.1) is 0 Å². The van der Waals surface area contributed by atoms with E-state index in [-0.39, 0.29) is 11.8 Å². The van der Waals surface area contributed by atoms with E-state index in [4.69, 9.17) is 0 Å². The van der Waals surface area contributed by atoms with Gasteiger partial charge in [-0.2, -0.15) is 0 Å². The molecule has 2 amide bonds. The molecule has 5 nitrogen and oxygen atoms in total. The Kier molecular flexibility index (Phi) is 5.40. The van der Waals surface area contributed by atoms with Gasteiger partial charge in [0.1, 0.15) is 5.70 Å². The lowest BCUT2D eigenvalue weighted by molar-refractivity contribution is -0.135. The molecule has 0 saturated heterocycles. The standard InChI is InChI=1S/C22H25N3O2/c1-5-25(13-10-17-8-11-23-12-9-17)20-19(21(26)24(4)22(20)27)18-7-6-15(2)14-16(18)3/h6-9,11-12,14H,5,10,13H2,1-4H3. The molecule has 0 saturated carbocycles. The predicted molar refractivity (Wildman–Crippen MR) is 106 cm³/mol. The number of carbonyl (C=O) groups is 2. The van der Waals surface area contributed by atoms with E-state index in [9.17, 15) is 9.59 Å². The smallest absolute Gasteiger partial charge is 0.277 e. The van der Waals surface area contributed by atoms with Gasteiger partial charge in [0, 0.05) is 32.5 Å². The van der Waals surface area contributed by atoms with Gasteiger partial charge in [-0.25, -0.2) is 0 Å². The summed E-state index contributed by atoms with van der Waals surface area (Å²) in [6, 6.07) is 9.92. The number of amides is 2. The van der Waals surface area contributed by atoms with Crippen molar-refractivity contribution in [3.05, 3.63) is 70.7 Å². The molecule has 2 aromatic rings. The van der Waals surface area contributed by atoms with E-state index in [0.717, 1.165) is 28.7 Å². The molecule has 0 atom stereocenters. The maximum Gasteiger partial charge on any atom is 0.277 e. The number of rotatable bonds is 6. The van der Waals surface area contributed by atoms with E-state index >= 15 is 0 Å². The molecule has 1 aliphatic rings. The number of aromatic nitrogens is 1. The topological polar surface area (TPSA) is 53.5 Å². The quantitative estimate of drug-likeness (QED) is 0.741. The number of pyridine rings is 1. The van der Waals surface area contributed by atoms with E-state index in [1.165, 1.54) is 4.90 Å². The first-order valence-corrected chi connectivity index (χ1v) is 9.22. The lowest BCUT2D eigenvalue weighted by Gasteiger charge is -2.24. The third-order valence-electron chi connectivity index (χ3n) is 5.03. The van der Waals surface area contributed by atoms with Gasteiger partial charge in [0.2, 0.25) is 0 Å². The monoisotopic (exact) mass is 363 g/mol. The molecule has 0 unspecified atom stereocenters. The largest absolute Gasteiger partial charge is 0.366 e. The third-order valence-corrected chi connectivity index (χ3v) is 5.03. The summed E-state index contributed by atoms with van der Waals surface area (Å²) in [4.78, 5) is 33.0. The fourth-order valence-corrected chi connectivity index (χ4v) is 3.50. The van der Waals surface area contributed by atoms with Gasteiger partial charge >= 0.3 is 0 Å². The van der Waals surface area contributed by atoms with Gasteiger partial charge in [0.25, 0.3) is 11.8 Å². The molecule has 1 aromatic heterocycles. The van der Waals surface area contributed by atoms with Gasteiger partial charge in [0.05, 0.1) is 5.57 Å². The van der Waals surface area contributed by atoms with Crippen molar-refractivity contribution in [2.24, 2.45) is 0 Å². The van der Waals surface area contributed by atoms with Crippen LogP contribution in [-0.4, -0.2) is 46.7 Å². The van der Waals surface area contributed by atoms with Gasteiger partial charge < -0.3 is 4.90 Å². The van der Waals surface area contributed by atoms with Crippen LogP contribution in [0.25, 0.3) is 5.57 Å². The van der Waals surface area contributed by atoms with Crippen molar-refractivity contribution in [2.45, 2.75) is 27.2 Å². The number of likely N-dealkylation sites (N-methyl/N-ethyl adjacent to an activating group) is 2. The Morgan fingerprint density at radius 1 is 1.04 bits per heavy atom. The molecule has 5 heteroatoms. The van der Waals surface area contributed by atoms with Crippen LogP contribution in [-0.2, 0) is 16.0 Å². The molecule has 140 valence electrons. The van der Waals surface area contributed by atoms with Crippen LogP contribution >= 0.6 is 0 Å². The highest BCUT2D eigenvalue weighted by Gasteiger charge is 2.39. The van der Waals surface area contributed by atoms with Crippen molar-refractivity contribution >= 4 is 17.4 Å². The molecule has 0 N–H and O–H groups in total. The number of hydrogen-bond acceptors (Lipinski definition) is 4. The van der Waals surface area contributed by atoms with Gasteiger partial charge in [-0.3, -0.25) is 19.5 Å². The highest BCUT2D eigenvalue weighted by Crippen LogP contribution is 2.32. The Morgan fingerprint density at radius 2 is 1.74 bits per heavy atom. The second kappa shape index (κ2) is 7.74. The maximum atomic E-state index is 12.9. The summed E-state index contributed by atoms with van der Waals surface area (Å²) < 4.78 is 0. The Hall–Kier alpha value is -2.95. The number of imide groups is 1. The summed E-state index contributed by atoms with van der Waals surface area (Å²) in [7, 11) is 1.55. The van der Waals surface area contributed by atoms with E-state index in [0.29, 0.717) is 24.4 Å². The fourth-order valence-electron chi connectivity index (χ4n) is 3.50. The SMILES string of the molecule is CCN(CCc1ccncc1)C1=C(c2ccc(C)cc2C)C(=O)N(C)C1=O. The number of benzene rings is 1. The van der Waals surface area contributed by atoms with Gasteiger partial charge in [-0.1, -0.05) is 23.8 Å². The molecular weight excluding hydrogens is 338 g/mol. The molecule has 0 aliphatic carbocycles. The maximum absolute atomic E-state index is 12.9. The Labute approximate surface area is 160 Å². The number of hydrogen-bond donors (Lipinski definition) is 0. The summed E-state index contributed by atoms with van der Waals surface area (Å²) >= 11 is 0. The minimum atomic E-state index is -0.232. The summed E-state index contributed by atoms with van der Waals surface area (Å²) in [6.45, 7) is 7.33. The normalized spacial score (nSPS) is 14.3. The van der Waals surface area contributed by atoms with Gasteiger partial charge in [-0.05, 0) is 56.0 Å². The first kappa shape index (κ1) is 18.8. The molecule has 0 spiro atoms. The molecule has 0 bridgehead atoms. The van der Waals surface area contributed by atoms with Gasteiger partial charge in [0.15, 0.2) is 0 Å². The number of nitrogens with zero attached hydrogens (tertiary/aromatic N) is 3. The Morgan fingerprint density at radius 3 is 2.37 bits per heavy atom. The summed E-state index contributed by atoms with van der Waals surface area (Å²) in [6.07, 6.45) is 4.32. The van der Waals surface area contributed by atoms with Crippen LogP contribution in [0.1, 0.15) is 29.2 Å². The van der Waals surface area contributed by atoms with Crippen LogP contribution < -0.4 is 0 Å². The minimum Gasteiger partial charge on any atom is -0.366 e. The van der Waals surface area contributed by atoms with Crippen LogP contribution in [0, 0.1) is 13.8 Å². The molecule has 2 heterocycles. The first-order valence-electron chi connectivity index (χ1n) is 9.22. The molecule has 0 radical (unpaired) electrons. The second-order valence-electron chi connectivity index (χ2n) is 6.90. The zero-order valence-electron chi connectivity index (χ0n) is 16.3. The van der Waals surface area contributed by atoms with Crippen LogP contribution in [0.5, 0.6) is 0 Å². The van der Waals surface area contributed by atoms with Crippen LogP contribution in [0.2, 0.25) is 0 Å². The lowest BCUT2D eigenvalue weighted by atomic mass is 9.97. The zero-order valence-corrected chi connectivity index (χ0v) is 16.3. The average Bonchev–Trinajstić information content (AvgIpc) is 2.88. The molecule has 27 heavy (non-hydrogen) atoms. The zero-order chi connectivity index (χ0) is 19.6. The summed E-state index contributed by atoms with van der Waals surface area (Å²) in [5.41, 5.74) is 5.14. The Balaban J connectivity index is 2.01. The second-order valence-corrected chi connectivity index (χ2v) is 6.90. The van der Waals surface area contributed by atoms with Crippen LogP contribution in [0.3, 0.4) is 0 Å². The summed E-state index contributed by atoms with van der Waals surface area (Å²) in [5.74, 6) is -0.462. The van der Waals surface area contributed by atoms with Crippen molar-refractivity contribution in [3.8, 4) is 0 Å². The van der Waals surface area contributed by atoms with Crippen molar-refractivity contribution in [1.82, 2.24) is 14.8 Å². The van der Waals surface area contributed by atoms with E-state index in [1.54, 1.807) is 19.4 Å². The highest BCUT2D eigenvalue weighted by molar-refractivity contribution is 6.35. The van der Waals surface area contributed by atoms with Crippen molar-refractivity contribution < 1.29 is 9.59 Å². The predicted octanol–water partition coefficient (Wildman–Crippen LogP) is 2.97. The third kappa shape index (κ3) is 3.63. The molecular formula is C22H25N3O2. The molecule has 1 aliphatic heterocycles. The van der Waals surface area contributed by atoms with E-state index in [1.807, 2.05) is 56.0 Å². The van der Waals surface area contributed by atoms with Crippen molar-refractivity contribution in [3.63, 3.8) is 0 Å². The summed E-state index contributed by atoms with van der Waals surface area (Å²) in [5, 5.41) is 0.